The largest absolute Gasteiger partial charge is 0.493 e. The summed E-state index contributed by atoms with van der Waals surface area (Å²) >= 11 is 0. The molecule has 0 spiro atoms. The molecule has 2 aromatic carbocycles. The Labute approximate surface area is 203 Å². The average Bonchev–Trinajstić information content (AvgIpc) is 3.19. The Bertz CT molecular complexity index is 1110. The molecule has 1 aliphatic heterocycles. The highest BCUT2D eigenvalue weighted by molar-refractivity contribution is 5.83. The predicted octanol–water partition coefficient (Wildman–Crippen LogP) is 5.88. The second-order valence-electron chi connectivity index (χ2n) is 8.50. The van der Waals surface area contributed by atoms with E-state index in [1.54, 1.807) is 0 Å². The van der Waals surface area contributed by atoms with E-state index < -0.39 is 0 Å². The van der Waals surface area contributed by atoms with Gasteiger partial charge in [-0.1, -0.05) is 97.2 Å². The predicted molar refractivity (Wildman–Crippen MR) is 142 cm³/mol. The van der Waals surface area contributed by atoms with Gasteiger partial charge in [-0.05, 0) is 35.5 Å². The first-order valence-corrected chi connectivity index (χ1v) is 12.0. The molecule has 1 unspecified atom stereocenters. The van der Waals surface area contributed by atoms with Crippen molar-refractivity contribution in [2.75, 3.05) is 39.9 Å². The van der Waals surface area contributed by atoms with Crippen molar-refractivity contribution >= 4 is 10.8 Å². The van der Waals surface area contributed by atoms with Crippen LogP contribution < -0.4 is 4.74 Å². The number of hydrogen-bond donors (Lipinski definition) is 0. The van der Waals surface area contributed by atoms with E-state index in [9.17, 15) is 0 Å². The van der Waals surface area contributed by atoms with E-state index in [0.717, 1.165) is 31.8 Å². The molecule has 1 heterocycles. The average molecular weight is 455 g/mol. The van der Waals surface area contributed by atoms with Gasteiger partial charge in [-0.3, -0.25) is 9.80 Å². The molecule has 0 amide bonds. The first kappa shape index (κ1) is 24.0. The molecule has 1 aliphatic carbocycles. The molecule has 1 saturated heterocycles. The molecule has 0 radical (unpaired) electrons. The summed E-state index contributed by atoms with van der Waals surface area (Å²) in [6.07, 6.45) is 23.6. The maximum Gasteiger partial charge on any atom is 0.168 e. The normalized spacial score (nSPS) is 25.6. The molecule has 0 N–H and O–H groups in total. The van der Waals surface area contributed by atoms with Crippen LogP contribution in [0.4, 0.5) is 0 Å². The minimum atomic E-state index is -0.0151. The summed E-state index contributed by atoms with van der Waals surface area (Å²) in [5.41, 5.74) is 1.25. The lowest BCUT2D eigenvalue weighted by Gasteiger charge is -2.28. The van der Waals surface area contributed by atoms with Crippen LogP contribution >= 0.6 is 0 Å². The quantitative estimate of drug-likeness (QED) is 0.465. The van der Waals surface area contributed by atoms with Crippen LogP contribution in [0.1, 0.15) is 6.42 Å². The van der Waals surface area contributed by atoms with Crippen molar-refractivity contribution in [3.8, 4) is 5.75 Å². The van der Waals surface area contributed by atoms with Crippen LogP contribution in [-0.2, 0) is 4.74 Å². The van der Waals surface area contributed by atoms with Gasteiger partial charge in [0.1, 0.15) is 5.75 Å². The van der Waals surface area contributed by atoms with E-state index in [1.165, 1.54) is 16.3 Å². The van der Waals surface area contributed by atoms with Crippen molar-refractivity contribution in [2.45, 2.75) is 12.8 Å². The van der Waals surface area contributed by atoms with Crippen LogP contribution in [0.5, 0.6) is 5.75 Å². The third kappa shape index (κ3) is 7.16. The SMILES string of the molecule is CN1CCN(CC2=C/C=C\C=C/C=C\C=C/C=C\2)C1OCCCOc1ccc2ccccc2c1. The minimum Gasteiger partial charge on any atom is -0.493 e. The molecule has 176 valence electrons. The fourth-order valence-corrected chi connectivity index (χ4v) is 4.07. The van der Waals surface area contributed by atoms with Crippen molar-refractivity contribution in [3.63, 3.8) is 0 Å². The molecule has 1 atom stereocenters. The van der Waals surface area contributed by atoms with E-state index in [0.29, 0.717) is 13.2 Å². The van der Waals surface area contributed by atoms with Crippen LogP contribution in [-0.4, -0.2) is 56.0 Å². The number of rotatable bonds is 8. The summed E-state index contributed by atoms with van der Waals surface area (Å²) in [4.78, 5) is 4.66. The van der Waals surface area contributed by atoms with Gasteiger partial charge in [-0.25, -0.2) is 0 Å². The zero-order chi connectivity index (χ0) is 23.4. The van der Waals surface area contributed by atoms with Gasteiger partial charge in [0.15, 0.2) is 6.35 Å². The van der Waals surface area contributed by atoms with Crippen LogP contribution in [0.15, 0.2) is 115 Å². The number of fused-ring (bicyclic) bond motifs is 1. The lowest BCUT2D eigenvalue weighted by molar-refractivity contribution is -0.101. The fraction of sp³-hybridized carbons (Fsp3) is 0.267. The van der Waals surface area contributed by atoms with Gasteiger partial charge in [0.2, 0.25) is 0 Å². The maximum absolute atomic E-state index is 6.28. The zero-order valence-corrected chi connectivity index (χ0v) is 19.9. The Balaban J connectivity index is 1.26. The van der Waals surface area contributed by atoms with Gasteiger partial charge < -0.3 is 9.47 Å². The zero-order valence-electron chi connectivity index (χ0n) is 19.9. The number of hydrogen-bond acceptors (Lipinski definition) is 4. The summed E-state index contributed by atoms with van der Waals surface area (Å²) in [7, 11) is 2.13. The molecule has 0 aromatic heterocycles. The highest BCUT2D eigenvalue weighted by Crippen LogP contribution is 2.21. The Morgan fingerprint density at radius 3 is 2.35 bits per heavy atom. The van der Waals surface area contributed by atoms with E-state index in [2.05, 4.69) is 89.7 Å². The number of benzene rings is 2. The van der Waals surface area contributed by atoms with E-state index in [1.807, 2.05) is 36.4 Å². The summed E-state index contributed by atoms with van der Waals surface area (Å²) in [5.74, 6) is 0.909. The van der Waals surface area contributed by atoms with Gasteiger partial charge in [0, 0.05) is 26.1 Å². The van der Waals surface area contributed by atoms with Gasteiger partial charge >= 0.3 is 0 Å². The fourth-order valence-electron chi connectivity index (χ4n) is 4.07. The van der Waals surface area contributed by atoms with E-state index in [-0.39, 0.29) is 6.35 Å². The Hall–Kier alpha value is -3.18. The maximum atomic E-state index is 6.28. The van der Waals surface area contributed by atoms with Crippen molar-refractivity contribution in [1.29, 1.82) is 0 Å². The first-order chi connectivity index (χ1) is 16.8. The van der Waals surface area contributed by atoms with Crippen molar-refractivity contribution < 1.29 is 9.47 Å². The monoisotopic (exact) mass is 454 g/mol. The van der Waals surface area contributed by atoms with Gasteiger partial charge in [0.25, 0.3) is 0 Å². The lowest BCUT2D eigenvalue weighted by atomic mass is 10.1. The molecule has 2 aliphatic rings. The molecule has 34 heavy (non-hydrogen) atoms. The number of nitrogens with zero attached hydrogens (tertiary/aromatic N) is 2. The third-order valence-corrected chi connectivity index (χ3v) is 5.87. The smallest absolute Gasteiger partial charge is 0.168 e. The molecule has 0 saturated carbocycles. The number of allylic oxidation sites excluding steroid dienone is 10. The highest BCUT2D eigenvalue weighted by atomic mass is 16.5. The van der Waals surface area contributed by atoms with Crippen molar-refractivity contribution in [2.24, 2.45) is 0 Å². The van der Waals surface area contributed by atoms with Gasteiger partial charge in [-0.2, -0.15) is 0 Å². The number of likely N-dealkylation sites (N-methyl/N-ethyl adjacent to an activating group) is 1. The standard InChI is InChI=1S/C30H34N2O2/c1-31-20-21-32(25-26-14-9-7-5-3-2-4-6-8-10-15-26)30(31)34-23-13-22-33-29-19-18-27-16-11-12-17-28(27)24-29/h2-12,14-19,24,30H,13,20-23,25H2,1H3/b3-2-,4-2?,5-3?,6-4-,7-5-,8-6?,9-7?,10-8-,14-9-,15-10?,26-14?,26-15+. The summed E-state index contributed by atoms with van der Waals surface area (Å²) in [6, 6.07) is 14.6. The highest BCUT2D eigenvalue weighted by Gasteiger charge is 2.29. The van der Waals surface area contributed by atoms with Crippen LogP contribution in [0.2, 0.25) is 0 Å². The molecule has 4 nitrogen and oxygen atoms in total. The minimum absolute atomic E-state index is 0.0151. The third-order valence-electron chi connectivity index (χ3n) is 5.87. The van der Waals surface area contributed by atoms with Crippen LogP contribution in [0.25, 0.3) is 10.8 Å². The van der Waals surface area contributed by atoms with E-state index >= 15 is 0 Å². The Kier molecular flexibility index (Phi) is 9.09. The van der Waals surface area contributed by atoms with Crippen molar-refractivity contribution in [3.05, 3.63) is 115 Å². The Morgan fingerprint density at radius 2 is 1.53 bits per heavy atom. The van der Waals surface area contributed by atoms with Crippen LogP contribution in [0.3, 0.4) is 0 Å². The molecule has 4 heteroatoms. The summed E-state index contributed by atoms with van der Waals surface area (Å²) in [6.45, 7) is 4.13. The molecule has 4 rings (SSSR count). The van der Waals surface area contributed by atoms with Crippen LogP contribution in [0, 0.1) is 0 Å². The molecular formula is C30H34N2O2. The summed E-state index contributed by atoms with van der Waals surface area (Å²) < 4.78 is 12.3. The molecular weight excluding hydrogens is 420 g/mol. The topological polar surface area (TPSA) is 24.9 Å². The molecule has 1 fully saturated rings. The second-order valence-corrected chi connectivity index (χ2v) is 8.50. The van der Waals surface area contributed by atoms with Gasteiger partial charge in [-0.15, -0.1) is 0 Å². The number of ether oxygens (including phenoxy) is 2. The van der Waals surface area contributed by atoms with Crippen molar-refractivity contribution in [1.82, 2.24) is 9.80 Å². The molecule has 0 bridgehead atoms. The van der Waals surface area contributed by atoms with E-state index in [4.69, 9.17) is 9.47 Å². The summed E-state index contributed by atoms with van der Waals surface area (Å²) in [5, 5.41) is 2.43. The molecule has 2 aromatic rings. The first-order valence-electron chi connectivity index (χ1n) is 12.0. The Morgan fingerprint density at radius 1 is 0.794 bits per heavy atom. The lowest BCUT2D eigenvalue weighted by Crippen LogP contribution is -2.40. The second kappa shape index (κ2) is 12.9. The van der Waals surface area contributed by atoms with Gasteiger partial charge in [0.05, 0.1) is 13.2 Å².